The summed E-state index contributed by atoms with van der Waals surface area (Å²) in [6.45, 7) is 2.12. The number of hydrogen-bond acceptors (Lipinski definition) is 6. The predicted molar refractivity (Wildman–Crippen MR) is 120 cm³/mol. The molecule has 0 bridgehead atoms. The number of carbonyl (C=O) groups is 2. The molecule has 0 aliphatic heterocycles. The van der Waals surface area contributed by atoms with E-state index in [2.05, 4.69) is 41.7 Å². The maximum absolute atomic E-state index is 12.3. The number of esters is 1. The molecule has 0 saturated heterocycles. The standard InChI is InChI=1S/C24H34O5S/c1-3-17-7-6-8-18(13-17)14-19(25)10-11-21-20(22(26)15-23(21)27)9-4-5-12-30-16-24(28)29-2/h6-7,13,18-21,23,25,27H,3-5,8-9,12,14-16H2,1-2H3/t18?,19-,20-,21-,23-/m1/s1. The molecule has 5 nitrogen and oxygen atoms in total. The van der Waals surface area contributed by atoms with Crippen molar-refractivity contribution in [2.75, 3.05) is 18.6 Å². The number of hydrogen-bond donors (Lipinski definition) is 2. The van der Waals surface area contributed by atoms with Gasteiger partial charge >= 0.3 is 5.97 Å². The van der Waals surface area contributed by atoms with Crippen molar-refractivity contribution >= 4 is 23.5 Å². The van der Waals surface area contributed by atoms with Gasteiger partial charge in [-0.2, -0.15) is 11.8 Å². The summed E-state index contributed by atoms with van der Waals surface area (Å²) in [4.78, 5) is 23.4. The summed E-state index contributed by atoms with van der Waals surface area (Å²) in [5.74, 6) is 6.54. The van der Waals surface area contributed by atoms with Crippen LogP contribution in [0.2, 0.25) is 0 Å². The summed E-state index contributed by atoms with van der Waals surface area (Å²) in [6.07, 6.45) is 10.00. The number of rotatable bonds is 10. The Morgan fingerprint density at radius 3 is 2.93 bits per heavy atom. The molecule has 0 heterocycles. The molecule has 0 aromatic carbocycles. The number of aliphatic hydroxyl groups excluding tert-OH is 2. The van der Waals surface area contributed by atoms with E-state index in [4.69, 9.17) is 0 Å². The molecule has 1 unspecified atom stereocenters. The molecule has 0 amide bonds. The van der Waals surface area contributed by atoms with Crippen LogP contribution in [-0.2, 0) is 14.3 Å². The fourth-order valence-corrected chi connectivity index (χ4v) is 4.87. The lowest BCUT2D eigenvalue weighted by Crippen LogP contribution is -2.20. The molecule has 1 saturated carbocycles. The van der Waals surface area contributed by atoms with E-state index in [9.17, 15) is 19.8 Å². The minimum absolute atomic E-state index is 0.0615. The Kier molecular flexibility index (Phi) is 10.7. The highest BCUT2D eigenvalue weighted by atomic mass is 32.2. The van der Waals surface area contributed by atoms with Crippen molar-refractivity contribution in [3.63, 3.8) is 0 Å². The number of methoxy groups -OCH3 is 1. The van der Waals surface area contributed by atoms with Crippen molar-refractivity contribution in [1.82, 2.24) is 0 Å². The second-order valence-electron chi connectivity index (χ2n) is 8.03. The van der Waals surface area contributed by atoms with E-state index in [0.29, 0.717) is 18.6 Å². The summed E-state index contributed by atoms with van der Waals surface area (Å²) < 4.78 is 4.61. The highest BCUT2D eigenvalue weighted by molar-refractivity contribution is 7.99. The third-order valence-electron chi connectivity index (χ3n) is 5.74. The van der Waals surface area contributed by atoms with Crippen LogP contribution in [0.3, 0.4) is 0 Å². The molecule has 5 atom stereocenters. The summed E-state index contributed by atoms with van der Waals surface area (Å²) in [5, 5.41) is 20.6. The van der Waals surface area contributed by atoms with Crippen LogP contribution in [0.1, 0.15) is 51.9 Å². The SMILES string of the molecule is CCC1=CC(C[C@H](O)C#C[C@H]2[C@H](O)CC(=O)[C@@H]2CCCCSCC(=O)OC)CC=C1. The summed E-state index contributed by atoms with van der Waals surface area (Å²) in [6, 6.07) is 0. The van der Waals surface area contributed by atoms with Gasteiger partial charge in [-0.15, -0.1) is 0 Å². The maximum atomic E-state index is 12.3. The zero-order valence-electron chi connectivity index (χ0n) is 18.0. The van der Waals surface area contributed by atoms with E-state index in [1.165, 1.54) is 24.4 Å². The second kappa shape index (κ2) is 13.0. The quantitative estimate of drug-likeness (QED) is 0.312. The van der Waals surface area contributed by atoms with Gasteiger partial charge in [0, 0.05) is 12.3 Å². The molecule has 2 rings (SSSR count). The highest BCUT2D eigenvalue weighted by Crippen LogP contribution is 2.33. The first-order valence-corrected chi connectivity index (χ1v) is 12.0. The lowest BCUT2D eigenvalue weighted by Gasteiger charge is -2.18. The lowest BCUT2D eigenvalue weighted by molar-refractivity contribution is -0.137. The second-order valence-corrected chi connectivity index (χ2v) is 9.13. The molecule has 1 fully saturated rings. The van der Waals surface area contributed by atoms with Crippen LogP contribution in [-0.4, -0.2) is 52.8 Å². The minimum atomic E-state index is -0.755. The van der Waals surface area contributed by atoms with E-state index in [1.807, 2.05) is 0 Å². The third kappa shape index (κ3) is 7.94. The monoisotopic (exact) mass is 434 g/mol. The third-order valence-corrected chi connectivity index (χ3v) is 6.76. The van der Waals surface area contributed by atoms with E-state index in [1.54, 1.807) is 0 Å². The van der Waals surface area contributed by atoms with Gasteiger partial charge in [0.2, 0.25) is 0 Å². The van der Waals surface area contributed by atoms with E-state index >= 15 is 0 Å². The van der Waals surface area contributed by atoms with Gasteiger partial charge in [-0.3, -0.25) is 9.59 Å². The Morgan fingerprint density at radius 1 is 1.40 bits per heavy atom. The topological polar surface area (TPSA) is 83.8 Å². The summed E-state index contributed by atoms with van der Waals surface area (Å²) in [7, 11) is 1.38. The van der Waals surface area contributed by atoms with Crippen LogP contribution in [0.15, 0.2) is 23.8 Å². The van der Waals surface area contributed by atoms with Crippen molar-refractivity contribution in [3.05, 3.63) is 23.8 Å². The van der Waals surface area contributed by atoms with Gasteiger partial charge in [0.05, 0.1) is 24.9 Å². The lowest BCUT2D eigenvalue weighted by atomic mass is 9.88. The highest BCUT2D eigenvalue weighted by Gasteiger charge is 2.40. The average molecular weight is 435 g/mol. The van der Waals surface area contributed by atoms with Crippen LogP contribution in [0.25, 0.3) is 0 Å². The summed E-state index contributed by atoms with van der Waals surface area (Å²) in [5.41, 5.74) is 1.29. The van der Waals surface area contributed by atoms with Gasteiger partial charge in [-0.05, 0) is 43.8 Å². The first kappa shape index (κ1) is 24.7. The average Bonchev–Trinajstić information content (AvgIpc) is 3.01. The molecule has 0 aromatic heterocycles. The van der Waals surface area contributed by atoms with Crippen LogP contribution in [0.4, 0.5) is 0 Å². The molecule has 6 heteroatoms. The van der Waals surface area contributed by atoms with Gasteiger partial charge in [-0.1, -0.05) is 49.0 Å². The van der Waals surface area contributed by atoms with Gasteiger partial charge in [0.15, 0.2) is 0 Å². The van der Waals surface area contributed by atoms with Crippen LogP contribution < -0.4 is 0 Å². The number of Topliss-reactive ketones (excluding diaryl/α,β-unsaturated/α-hetero) is 1. The van der Waals surface area contributed by atoms with Crippen LogP contribution in [0.5, 0.6) is 0 Å². The van der Waals surface area contributed by atoms with Gasteiger partial charge in [0.25, 0.3) is 0 Å². The smallest absolute Gasteiger partial charge is 0.315 e. The maximum Gasteiger partial charge on any atom is 0.315 e. The number of allylic oxidation sites excluding steroid dienone is 4. The zero-order chi connectivity index (χ0) is 21.9. The number of unbranched alkanes of at least 4 members (excludes halogenated alkanes) is 1. The Bertz CT molecular complexity index is 702. The molecule has 2 N–H and O–H groups in total. The zero-order valence-corrected chi connectivity index (χ0v) is 18.8. The Hall–Kier alpha value is -1.55. The van der Waals surface area contributed by atoms with Crippen molar-refractivity contribution in [2.24, 2.45) is 17.8 Å². The molecular formula is C24H34O5S. The van der Waals surface area contributed by atoms with E-state index in [0.717, 1.165) is 31.4 Å². The molecular weight excluding hydrogens is 400 g/mol. The normalized spacial score (nSPS) is 26.7. The van der Waals surface area contributed by atoms with Crippen molar-refractivity contribution in [2.45, 2.75) is 64.1 Å². The first-order valence-electron chi connectivity index (χ1n) is 10.9. The van der Waals surface area contributed by atoms with Gasteiger partial charge < -0.3 is 14.9 Å². The molecule has 0 aromatic rings. The number of ketones is 1. The number of ether oxygens (including phenoxy) is 1. The van der Waals surface area contributed by atoms with Crippen molar-refractivity contribution in [3.8, 4) is 11.8 Å². The van der Waals surface area contributed by atoms with Crippen molar-refractivity contribution < 1.29 is 24.5 Å². The molecule has 166 valence electrons. The molecule has 0 radical (unpaired) electrons. The Labute approximate surface area is 184 Å². The largest absolute Gasteiger partial charge is 0.468 e. The van der Waals surface area contributed by atoms with Gasteiger partial charge in [-0.25, -0.2) is 0 Å². The predicted octanol–water partition coefficient (Wildman–Crippen LogP) is 3.30. The fraction of sp³-hybridized carbons (Fsp3) is 0.667. The molecule has 30 heavy (non-hydrogen) atoms. The first-order chi connectivity index (χ1) is 14.4. The Balaban J connectivity index is 1.81. The van der Waals surface area contributed by atoms with Crippen molar-refractivity contribution in [1.29, 1.82) is 0 Å². The summed E-state index contributed by atoms with van der Waals surface area (Å²) >= 11 is 1.52. The number of aliphatic hydroxyl groups is 2. The number of thioether (sulfide) groups is 1. The van der Waals surface area contributed by atoms with Crippen LogP contribution in [0, 0.1) is 29.6 Å². The molecule has 2 aliphatic rings. The van der Waals surface area contributed by atoms with E-state index in [-0.39, 0.29) is 30.0 Å². The minimum Gasteiger partial charge on any atom is -0.468 e. The van der Waals surface area contributed by atoms with Crippen LogP contribution >= 0.6 is 11.8 Å². The molecule has 0 spiro atoms. The van der Waals surface area contributed by atoms with E-state index < -0.39 is 18.1 Å². The Morgan fingerprint density at radius 2 is 2.20 bits per heavy atom. The number of carbonyl (C=O) groups excluding carboxylic acids is 2. The fourth-order valence-electron chi connectivity index (χ4n) is 4.03. The van der Waals surface area contributed by atoms with Gasteiger partial charge in [0.1, 0.15) is 11.9 Å². The molecule has 2 aliphatic carbocycles.